The van der Waals surface area contributed by atoms with Crippen LogP contribution < -0.4 is 5.32 Å². The van der Waals surface area contributed by atoms with Gasteiger partial charge in [0, 0.05) is 44.2 Å². The molecule has 1 aliphatic heterocycles. The first-order valence-corrected chi connectivity index (χ1v) is 9.41. The Morgan fingerprint density at radius 1 is 1.24 bits per heavy atom. The molecule has 29 heavy (non-hydrogen) atoms. The van der Waals surface area contributed by atoms with Crippen molar-refractivity contribution < 1.29 is 9.59 Å². The van der Waals surface area contributed by atoms with Crippen molar-refractivity contribution in [3.63, 3.8) is 0 Å². The van der Waals surface area contributed by atoms with Gasteiger partial charge >= 0.3 is 6.03 Å². The van der Waals surface area contributed by atoms with Crippen molar-refractivity contribution in [2.75, 3.05) is 20.6 Å². The number of amides is 3. The molecule has 9 heteroatoms. The van der Waals surface area contributed by atoms with Gasteiger partial charge in [-0.25, -0.2) is 9.78 Å². The van der Waals surface area contributed by atoms with Gasteiger partial charge in [-0.3, -0.25) is 9.48 Å². The molecule has 0 aliphatic carbocycles. The lowest BCUT2D eigenvalue weighted by Crippen LogP contribution is -2.43. The summed E-state index contributed by atoms with van der Waals surface area (Å²) in [6, 6.07) is 9.23. The summed E-state index contributed by atoms with van der Waals surface area (Å²) in [6.07, 6.45) is 3.42. The molecule has 2 aromatic heterocycles. The standard InChI is InChI=1S/C20H23N7O2/c1-25(2)20(29)26-8-9-27-17(13-26)11-16(24-27)12-23-19(28)15-5-3-4-14(10-15)18-21-6-7-22-18/h3-7,10-11H,8-9,12-13H2,1-2H3,(H,21,22)(H,23,28). The molecule has 0 spiro atoms. The Morgan fingerprint density at radius 3 is 2.86 bits per heavy atom. The van der Waals surface area contributed by atoms with Crippen LogP contribution in [0.4, 0.5) is 4.79 Å². The average Bonchev–Trinajstić information content (AvgIpc) is 3.40. The minimum Gasteiger partial charge on any atom is -0.346 e. The van der Waals surface area contributed by atoms with Gasteiger partial charge in [-0.15, -0.1) is 0 Å². The summed E-state index contributed by atoms with van der Waals surface area (Å²) in [5.74, 6) is 0.548. The number of aromatic amines is 1. The third kappa shape index (κ3) is 3.98. The number of aromatic nitrogens is 4. The summed E-state index contributed by atoms with van der Waals surface area (Å²) < 4.78 is 1.90. The molecule has 3 heterocycles. The lowest BCUT2D eigenvalue weighted by Gasteiger charge is -2.29. The van der Waals surface area contributed by atoms with Gasteiger partial charge in [0.15, 0.2) is 0 Å². The van der Waals surface area contributed by atoms with Crippen molar-refractivity contribution in [3.05, 3.63) is 59.7 Å². The largest absolute Gasteiger partial charge is 0.346 e. The molecule has 4 rings (SSSR count). The lowest BCUT2D eigenvalue weighted by atomic mass is 10.1. The number of nitrogens with zero attached hydrogens (tertiary/aromatic N) is 5. The molecule has 1 aliphatic rings. The second-order valence-corrected chi connectivity index (χ2v) is 7.15. The van der Waals surface area contributed by atoms with Crippen molar-refractivity contribution >= 4 is 11.9 Å². The molecule has 0 saturated carbocycles. The summed E-state index contributed by atoms with van der Waals surface area (Å²) in [5.41, 5.74) is 3.15. The van der Waals surface area contributed by atoms with Crippen LogP contribution in [0.25, 0.3) is 11.4 Å². The van der Waals surface area contributed by atoms with Gasteiger partial charge in [0.05, 0.1) is 31.0 Å². The van der Waals surface area contributed by atoms with E-state index in [-0.39, 0.29) is 11.9 Å². The molecule has 0 bridgehead atoms. The first-order valence-electron chi connectivity index (χ1n) is 9.41. The molecule has 2 N–H and O–H groups in total. The van der Waals surface area contributed by atoms with Crippen LogP contribution in [-0.2, 0) is 19.6 Å². The topological polar surface area (TPSA) is 99.2 Å². The van der Waals surface area contributed by atoms with Crippen molar-refractivity contribution in [1.82, 2.24) is 34.9 Å². The van der Waals surface area contributed by atoms with E-state index in [4.69, 9.17) is 0 Å². The Bertz CT molecular complexity index is 1020. The van der Waals surface area contributed by atoms with E-state index in [1.165, 1.54) is 0 Å². The number of hydrogen-bond acceptors (Lipinski definition) is 4. The van der Waals surface area contributed by atoms with E-state index < -0.39 is 0 Å². The SMILES string of the molecule is CN(C)C(=O)N1CCn2nc(CNC(=O)c3cccc(-c4ncc[nH]4)c3)cc2C1. The van der Waals surface area contributed by atoms with Crippen molar-refractivity contribution in [2.45, 2.75) is 19.6 Å². The molecule has 150 valence electrons. The number of carbonyl (C=O) groups excluding carboxylic acids is 2. The monoisotopic (exact) mass is 393 g/mol. The van der Waals surface area contributed by atoms with Gasteiger partial charge in [0.1, 0.15) is 5.82 Å². The van der Waals surface area contributed by atoms with Crippen molar-refractivity contribution in [1.29, 1.82) is 0 Å². The van der Waals surface area contributed by atoms with E-state index in [9.17, 15) is 9.59 Å². The van der Waals surface area contributed by atoms with Gasteiger partial charge in [-0.2, -0.15) is 5.10 Å². The maximum atomic E-state index is 12.6. The predicted molar refractivity (Wildman–Crippen MR) is 107 cm³/mol. The zero-order chi connectivity index (χ0) is 20.4. The van der Waals surface area contributed by atoms with Gasteiger partial charge in [0.2, 0.25) is 0 Å². The highest BCUT2D eigenvalue weighted by Gasteiger charge is 2.23. The quantitative estimate of drug-likeness (QED) is 0.705. The third-order valence-corrected chi connectivity index (χ3v) is 4.83. The molecule has 3 aromatic rings. The van der Waals surface area contributed by atoms with E-state index in [0.29, 0.717) is 31.7 Å². The Kier molecular flexibility index (Phi) is 5.03. The number of imidazole rings is 1. The van der Waals surface area contributed by atoms with Crippen LogP contribution in [0.2, 0.25) is 0 Å². The summed E-state index contributed by atoms with van der Waals surface area (Å²) in [5, 5.41) is 7.46. The fourth-order valence-electron chi connectivity index (χ4n) is 3.36. The van der Waals surface area contributed by atoms with Gasteiger partial charge in [-0.1, -0.05) is 12.1 Å². The molecule has 3 amide bonds. The van der Waals surface area contributed by atoms with Gasteiger partial charge in [-0.05, 0) is 18.2 Å². The normalized spacial score (nSPS) is 13.1. The number of H-pyrrole nitrogens is 1. The smallest absolute Gasteiger partial charge is 0.319 e. The first kappa shape index (κ1) is 18.7. The number of benzene rings is 1. The van der Waals surface area contributed by atoms with Gasteiger partial charge in [0.25, 0.3) is 5.91 Å². The van der Waals surface area contributed by atoms with E-state index in [1.54, 1.807) is 48.4 Å². The molecule has 1 aromatic carbocycles. The number of fused-ring (bicyclic) bond motifs is 1. The first-order chi connectivity index (χ1) is 14.0. The number of nitrogens with one attached hydrogen (secondary N) is 2. The van der Waals surface area contributed by atoms with Crippen LogP contribution >= 0.6 is 0 Å². The number of rotatable bonds is 4. The lowest BCUT2D eigenvalue weighted by molar-refractivity contribution is 0.0950. The summed E-state index contributed by atoms with van der Waals surface area (Å²) in [4.78, 5) is 35.3. The predicted octanol–water partition coefficient (Wildman–Crippen LogP) is 1.70. The molecular weight excluding hydrogens is 370 g/mol. The molecule has 0 fully saturated rings. The van der Waals surface area contributed by atoms with Crippen LogP contribution in [0.3, 0.4) is 0 Å². The minimum absolute atomic E-state index is 0.0104. The Balaban J connectivity index is 1.40. The van der Waals surface area contributed by atoms with Crippen LogP contribution in [-0.4, -0.2) is 62.1 Å². The van der Waals surface area contributed by atoms with Crippen LogP contribution in [0, 0.1) is 0 Å². The fraction of sp³-hybridized carbons (Fsp3) is 0.300. The van der Waals surface area contributed by atoms with Crippen LogP contribution in [0.15, 0.2) is 42.7 Å². The Hall–Kier alpha value is -3.62. The number of hydrogen-bond donors (Lipinski definition) is 2. The van der Waals surface area contributed by atoms with Crippen molar-refractivity contribution in [3.8, 4) is 11.4 Å². The summed E-state index contributed by atoms with van der Waals surface area (Å²) >= 11 is 0. The van der Waals surface area contributed by atoms with Gasteiger partial charge < -0.3 is 20.1 Å². The van der Waals surface area contributed by atoms with E-state index in [1.807, 2.05) is 22.9 Å². The maximum Gasteiger partial charge on any atom is 0.319 e. The fourth-order valence-corrected chi connectivity index (χ4v) is 3.36. The van der Waals surface area contributed by atoms with Crippen LogP contribution in [0.1, 0.15) is 21.7 Å². The maximum absolute atomic E-state index is 12.6. The van der Waals surface area contributed by atoms with E-state index in [0.717, 1.165) is 22.8 Å². The molecule has 0 atom stereocenters. The number of carbonyl (C=O) groups is 2. The second-order valence-electron chi connectivity index (χ2n) is 7.15. The third-order valence-electron chi connectivity index (χ3n) is 4.83. The number of urea groups is 1. The molecular formula is C20H23N7O2. The van der Waals surface area contributed by atoms with Crippen LogP contribution in [0.5, 0.6) is 0 Å². The van der Waals surface area contributed by atoms with E-state index >= 15 is 0 Å². The molecule has 0 radical (unpaired) electrons. The highest BCUT2D eigenvalue weighted by Crippen LogP contribution is 2.17. The summed E-state index contributed by atoms with van der Waals surface area (Å²) in [6.45, 7) is 2.11. The highest BCUT2D eigenvalue weighted by atomic mass is 16.2. The average molecular weight is 393 g/mol. The Labute approximate surface area is 168 Å². The molecule has 9 nitrogen and oxygen atoms in total. The minimum atomic E-state index is -0.172. The molecule has 0 saturated heterocycles. The van der Waals surface area contributed by atoms with E-state index in [2.05, 4.69) is 20.4 Å². The zero-order valence-corrected chi connectivity index (χ0v) is 16.4. The highest BCUT2D eigenvalue weighted by molar-refractivity contribution is 5.95. The molecule has 0 unspecified atom stereocenters. The second kappa shape index (κ2) is 7.78. The van der Waals surface area contributed by atoms with Crippen molar-refractivity contribution in [2.24, 2.45) is 0 Å². The zero-order valence-electron chi connectivity index (χ0n) is 16.4. The Morgan fingerprint density at radius 2 is 2.10 bits per heavy atom. The summed E-state index contributed by atoms with van der Waals surface area (Å²) in [7, 11) is 3.49.